The third-order valence-corrected chi connectivity index (χ3v) is 5.00. The lowest BCUT2D eigenvalue weighted by atomic mass is 10.2. The van der Waals surface area contributed by atoms with Crippen molar-refractivity contribution in [1.82, 2.24) is 4.98 Å². The van der Waals surface area contributed by atoms with Gasteiger partial charge in [0, 0.05) is 10.9 Å². The van der Waals surface area contributed by atoms with Crippen LogP contribution in [0.15, 0.2) is 24.3 Å². The number of carboxylic acids is 1. The van der Waals surface area contributed by atoms with E-state index in [0.717, 1.165) is 16.5 Å². The number of carbonyl (C=O) groups is 1. The molecule has 0 amide bonds. The van der Waals surface area contributed by atoms with E-state index in [1.165, 1.54) is 0 Å². The predicted molar refractivity (Wildman–Crippen MR) is 79.8 cm³/mol. The van der Waals surface area contributed by atoms with Crippen LogP contribution in [0.3, 0.4) is 0 Å². The molecular formula is C14H18NO5P. The molecule has 1 heterocycles. The van der Waals surface area contributed by atoms with E-state index in [-0.39, 0.29) is 11.9 Å². The van der Waals surface area contributed by atoms with Crippen LogP contribution in [0.4, 0.5) is 0 Å². The van der Waals surface area contributed by atoms with Gasteiger partial charge < -0.3 is 19.1 Å². The summed E-state index contributed by atoms with van der Waals surface area (Å²) >= 11 is 0. The van der Waals surface area contributed by atoms with Gasteiger partial charge in [-0.25, -0.2) is 4.79 Å². The molecule has 1 aromatic carbocycles. The summed E-state index contributed by atoms with van der Waals surface area (Å²) in [5.41, 5.74) is 1.63. The molecule has 0 aliphatic carbocycles. The first-order chi connectivity index (χ1) is 9.97. The summed E-state index contributed by atoms with van der Waals surface area (Å²) in [5, 5.41) is 9.72. The molecule has 6 nitrogen and oxygen atoms in total. The topological polar surface area (TPSA) is 88.6 Å². The normalized spacial score (nSPS) is 11.9. The van der Waals surface area contributed by atoms with E-state index in [2.05, 4.69) is 4.98 Å². The van der Waals surface area contributed by atoms with Gasteiger partial charge >= 0.3 is 13.6 Å². The van der Waals surface area contributed by atoms with Gasteiger partial charge in [-0.1, -0.05) is 6.07 Å². The maximum absolute atomic E-state index is 12.5. The van der Waals surface area contributed by atoms with Gasteiger partial charge in [-0.3, -0.25) is 4.57 Å². The van der Waals surface area contributed by atoms with Crippen molar-refractivity contribution in [3.8, 4) is 0 Å². The van der Waals surface area contributed by atoms with E-state index in [1.807, 2.05) is 0 Å². The number of aromatic nitrogens is 1. The Balaban J connectivity index is 2.29. The minimum Gasteiger partial charge on any atom is -0.477 e. The van der Waals surface area contributed by atoms with Crippen molar-refractivity contribution in [3.05, 3.63) is 35.5 Å². The van der Waals surface area contributed by atoms with Crippen LogP contribution in [0.1, 0.15) is 29.9 Å². The minimum atomic E-state index is -3.16. The number of aromatic amines is 1. The summed E-state index contributed by atoms with van der Waals surface area (Å²) in [6.45, 7) is 4.15. The summed E-state index contributed by atoms with van der Waals surface area (Å²) in [4.78, 5) is 13.7. The largest absolute Gasteiger partial charge is 0.477 e. The lowest BCUT2D eigenvalue weighted by Crippen LogP contribution is -1.99. The molecule has 0 aliphatic rings. The first-order valence-electron chi connectivity index (χ1n) is 6.70. The number of fused-ring (bicyclic) bond motifs is 1. The molecule has 1 aromatic heterocycles. The molecule has 0 unspecified atom stereocenters. The van der Waals surface area contributed by atoms with Crippen LogP contribution in [0.5, 0.6) is 0 Å². The number of nitrogens with one attached hydrogen (secondary N) is 1. The Bertz CT molecular complexity index is 684. The quantitative estimate of drug-likeness (QED) is 0.762. The van der Waals surface area contributed by atoms with Crippen molar-refractivity contribution in [1.29, 1.82) is 0 Å². The lowest BCUT2D eigenvalue weighted by Gasteiger charge is -2.16. The summed E-state index contributed by atoms with van der Waals surface area (Å²) in [5.74, 6) is -1.01. The van der Waals surface area contributed by atoms with Gasteiger partial charge in [0.25, 0.3) is 0 Å². The van der Waals surface area contributed by atoms with Crippen LogP contribution in [-0.4, -0.2) is 29.3 Å². The van der Waals surface area contributed by atoms with Crippen molar-refractivity contribution in [2.24, 2.45) is 0 Å². The van der Waals surface area contributed by atoms with Gasteiger partial charge in [0.05, 0.1) is 19.4 Å². The average molecular weight is 311 g/mol. The fourth-order valence-electron chi connectivity index (χ4n) is 2.14. The van der Waals surface area contributed by atoms with E-state index >= 15 is 0 Å². The van der Waals surface area contributed by atoms with Crippen LogP contribution in [0.25, 0.3) is 10.9 Å². The number of hydrogen-bond donors (Lipinski definition) is 2. The summed E-state index contributed by atoms with van der Waals surface area (Å²) in [6, 6.07) is 6.89. The first kappa shape index (κ1) is 15.8. The fourth-order valence-corrected chi connectivity index (χ4v) is 3.83. The highest BCUT2D eigenvalue weighted by atomic mass is 31.2. The van der Waals surface area contributed by atoms with E-state index in [9.17, 15) is 9.36 Å². The van der Waals surface area contributed by atoms with Crippen molar-refractivity contribution in [2.45, 2.75) is 20.0 Å². The van der Waals surface area contributed by atoms with E-state index in [0.29, 0.717) is 13.2 Å². The molecule has 2 aromatic rings. The Morgan fingerprint density at radius 2 is 1.90 bits per heavy atom. The third kappa shape index (κ3) is 3.73. The smallest absolute Gasteiger partial charge is 0.352 e. The van der Waals surface area contributed by atoms with E-state index in [4.69, 9.17) is 14.2 Å². The molecule has 0 saturated heterocycles. The van der Waals surface area contributed by atoms with E-state index in [1.54, 1.807) is 38.1 Å². The molecule has 114 valence electrons. The van der Waals surface area contributed by atoms with Gasteiger partial charge in [0.15, 0.2) is 0 Å². The SMILES string of the molecule is CCOP(=O)(Cc1ccc2[nH]c(C(=O)O)cc2c1)OCC. The van der Waals surface area contributed by atoms with Crippen molar-refractivity contribution < 1.29 is 23.5 Å². The molecule has 0 saturated carbocycles. The Labute approximate surface area is 122 Å². The van der Waals surface area contributed by atoms with Crippen molar-refractivity contribution >= 4 is 24.5 Å². The fraction of sp³-hybridized carbons (Fsp3) is 0.357. The van der Waals surface area contributed by atoms with Gasteiger partial charge in [-0.15, -0.1) is 0 Å². The first-order valence-corrected chi connectivity index (χ1v) is 8.43. The van der Waals surface area contributed by atoms with Crippen LogP contribution in [-0.2, 0) is 19.8 Å². The Hall–Kier alpha value is -1.62. The molecule has 21 heavy (non-hydrogen) atoms. The van der Waals surface area contributed by atoms with E-state index < -0.39 is 13.6 Å². The second-order valence-electron chi connectivity index (χ2n) is 4.51. The second kappa shape index (κ2) is 6.43. The van der Waals surface area contributed by atoms with Crippen LogP contribution < -0.4 is 0 Å². The summed E-state index contributed by atoms with van der Waals surface area (Å²) in [6.07, 6.45) is 0.165. The molecule has 0 aliphatic heterocycles. The zero-order valence-electron chi connectivity index (χ0n) is 12.0. The zero-order chi connectivity index (χ0) is 15.5. The third-order valence-electron chi connectivity index (χ3n) is 2.94. The second-order valence-corrected chi connectivity index (χ2v) is 6.57. The minimum absolute atomic E-state index is 0.125. The van der Waals surface area contributed by atoms with Crippen molar-refractivity contribution in [2.75, 3.05) is 13.2 Å². The molecule has 0 atom stereocenters. The number of hydrogen-bond acceptors (Lipinski definition) is 4. The Morgan fingerprint density at radius 3 is 2.48 bits per heavy atom. The van der Waals surface area contributed by atoms with Gasteiger partial charge in [-0.2, -0.15) is 0 Å². The Morgan fingerprint density at radius 1 is 1.24 bits per heavy atom. The number of carboxylic acid groups (broad SMARTS) is 1. The zero-order valence-corrected chi connectivity index (χ0v) is 12.9. The number of H-pyrrole nitrogens is 1. The van der Waals surface area contributed by atoms with Gasteiger partial charge in [-0.05, 0) is 37.6 Å². The predicted octanol–water partition coefficient (Wildman–Crippen LogP) is 3.63. The number of benzene rings is 1. The molecule has 0 fully saturated rings. The van der Waals surface area contributed by atoms with Crippen LogP contribution >= 0.6 is 7.60 Å². The molecule has 0 spiro atoms. The molecule has 0 bridgehead atoms. The highest BCUT2D eigenvalue weighted by molar-refractivity contribution is 7.53. The van der Waals surface area contributed by atoms with Gasteiger partial charge in [0.2, 0.25) is 0 Å². The average Bonchev–Trinajstić information content (AvgIpc) is 2.82. The monoisotopic (exact) mass is 311 g/mol. The number of rotatable bonds is 7. The summed E-state index contributed by atoms with van der Waals surface area (Å²) in [7, 11) is -3.16. The maximum Gasteiger partial charge on any atom is 0.352 e. The molecule has 7 heteroatoms. The molecule has 0 radical (unpaired) electrons. The maximum atomic E-state index is 12.5. The number of aromatic carboxylic acids is 1. The Kier molecular flexibility index (Phi) is 4.83. The summed E-state index contributed by atoms with van der Waals surface area (Å²) < 4.78 is 23.0. The highest BCUT2D eigenvalue weighted by Gasteiger charge is 2.24. The van der Waals surface area contributed by atoms with Crippen molar-refractivity contribution in [3.63, 3.8) is 0 Å². The molecule has 2 rings (SSSR count). The molecular weight excluding hydrogens is 293 g/mol. The molecule has 2 N–H and O–H groups in total. The van der Waals surface area contributed by atoms with Crippen LogP contribution in [0, 0.1) is 0 Å². The highest BCUT2D eigenvalue weighted by Crippen LogP contribution is 2.51. The van der Waals surface area contributed by atoms with Gasteiger partial charge in [0.1, 0.15) is 5.69 Å². The lowest BCUT2D eigenvalue weighted by molar-refractivity contribution is 0.0691. The van der Waals surface area contributed by atoms with Crippen LogP contribution in [0.2, 0.25) is 0 Å². The standard InChI is InChI=1S/C14H18NO5P/c1-3-19-21(18,20-4-2)9-10-5-6-12-11(7-10)8-13(15-12)14(16)17/h5-8,15H,3-4,9H2,1-2H3,(H,16,17).